The average Bonchev–Trinajstić information content (AvgIpc) is 3.36. The molecule has 4 aromatic rings. The Hall–Kier alpha value is -2.95. The van der Waals surface area contributed by atoms with Crippen LogP contribution in [0.2, 0.25) is 0 Å². The third-order valence-corrected chi connectivity index (χ3v) is 3.97. The number of para-hydroxylation sites is 3. The summed E-state index contributed by atoms with van der Waals surface area (Å²) in [4.78, 5) is 17.1. The predicted octanol–water partition coefficient (Wildman–Crippen LogP) is 4.08. The van der Waals surface area contributed by atoms with Crippen LogP contribution >= 0.6 is 0 Å². The first-order valence-corrected chi connectivity index (χ1v) is 8.61. The minimum absolute atomic E-state index is 0. The number of aromatic nitrogens is 3. The number of imidazole rings is 1. The van der Waals surface area contributed by atoms with E-state index >= 15 is 0 Å². The molecule has 1 aliphatic heterocycles. The third-order valence-electron chi connectivity index (χ3n) is 3.97. The van der Waals surface area contributed by atoms with Crippen molar-refractivity contribution in [3.63, 3.8) is 0 Å². The standard InChI is InChI=1S/C12H8N3.C10H10N2.Ir/c1-2-6-10-9(5-1)14-12(15-10)11-7-3-4-8-13-11;1-11-7-8-12(9-11)10-5-3-2-4-6-10;/h1-8H;2-5,7-9H,1H3;/q-1;-2;+3. The number of rotatable bonds is 2. The van der Waals surface area contributed by atoms with Gasteiger partial charge in [-0.15, -0.1) is 5.69 Å². The van der Waals surface area contributed by atoms with E-state index < -0.39 is 0 Å². The Morgan fingerprint density at radius 2 is 1.79 bits per heavy atom. The number of benzene rings is 2. The van der Waals surface area contributed by atoms with Crippen molar-refractivity contribution >= 4 is 16.7 Å². The predicted molar refractivity (Wildman–Crippen MR) is 107 cm³/mol. The normalized spacial score (nSPS) is 12.5. The summed E-state index contributed by atoms with van der Waals surface area (Å²) >= 11 is 0. The molecule has 5 nitrogen and oxygen atoms in total. The van der Waals surface area contributed by atoms with Crippen molar-refractivity contribution in [1.82, 2.24) is 19.9 Å². The second-order valence-corrected chi connectivity index (χ2v) is 5.99. The summed E-state index contributed by atoms with van der Waals surface area (Å²) in [6.07, 6.45) is 5.75. The topological polar surface area (TPSA) is 46.4 Å². The fraction of sp³-hybridized carbons (Fsp3) is 0.0455. The van der Waals surface area contributed by atoms with Crippen LogP contribution in [-0.4, -0.2) is 21.9 Å². The molecule has 2 aromatic carbocycles. The van der Waals surface area contributed by atoms with Gasteiger partial charge in [0.2, 0.25) is 0 Å². The van der Waals surface area contributed by atoms with Crippen molar-refractivity contribution in [1.29, 1.82) is 0 Å². The van der Waals surface area contributed by atoms with E-state index in [9.17, 15) is 0 Å². The van der Waals surface area contributed by atoms with Crippen molar-refractivity contribution in [3.8, 4) is 11.5 Å². The molecular formula is C22H18IrN5. The zero-order chi connectivity index (χ0) is 18.5. The molecule has 0 amide bonds. The Morgan fingerprint density at radius 3 is 2.46 bits per heavy atom. The summed E-state index contributed by atoms with van der Waals surface area (Å²) in [6.45, 7) is 2.01. The summed E-state index contributed by atoms with van der Waals surface area (Å²) in [5.41, 5.74) is 3.71. The van der Waals surface area contributed by atoms with E-state index in [1.807, 2.05) is 103 Å². The van der Waals surface area contributed by atoms with E-state index in [2.05, 4.69) is 21.0 Å². The molecule has 0 atom stereocenters. The number of hydrogen-bond donors (Lipinski definition) is 0. The molecule has 0 N–H and O–H groups in total. The Bertz CT molecular complexity index is 997. The Kier molecular flexibility index (Phi) is 6.58. The molecule has 0 bridgehead atoms. The van der Waals surface area contributed by atoms with Gasteiger partial charge in [-0.2, -0.15) is 37.0 Å². The van der Waals surface area contributed by atoms with Gasteiger partial charge in [-0.1, -0.05) is 30.3 Å². The van der Waals surface area contributed by atoms with Gasteiger partial charge in [0.15, 0.2) is 0 Å². The van der Waals surface area contributed by atoms with Crippen molar-refractivity contribution in [2.75, 3.05) is 11.9 Å². The zero-order valence-corrected chi connectivity index (χ0v) is 17.6. The zero-order valence-electron chi connectivity index (χ0n) is 15.2. The SMILES string of the molecule is CN1C=CN(c2[c-]cccc2)[CH-]1.[Ir+3].c1ccc(-c2nc3ccccc3[n-]2)nc1. The smallest absolute Gasteiger partial charge is 0.510 e. The van der Waals surface area contributed by atoms with Crippen LogP contribution in [0.5, 0.6) is 0 Å². The Morgan fingerprint density at radius 1 is 0.964 bits per heavy atom. The van der Waals surface area contributed by atoms with Crippen molar-refractivity contribution in [2.24, 2.45) is 0 Å². The quantitative estimate of drug-likeness (QED) is 0.356. The first-order valence-electron chi connectivity index (χ1n) is 8.61. The van der Waals surface area contributed by atoms with Gasteiger partial charge in [-0.05, 0) is 48.4 Å². The molecule has 5 rings (SSSR count). The summed E-state index contributed by atoms with van der Waals surface area (Å²) in [6, 6.07) is 24.6. The summed E-state index contributed by atoms with van der Waals surface area (Å²) in [5.74, 6) is 0.691. The number of pyridine rings is 1. The van der Waals surface area contributed by atoms with Crippen molar-refractivity contribution < 1.29 is 20.1 Å². The minimum Gasteiger partial charge on any atom is -0.510 e. The fourth-order valence-corrected chi connectivity index (χ4v) is 2.65. The molecule has 0 saturated heterocycles. The fourth-order valence-electron chi connectivity index (χ4n) is 2.65. The third kappa shape index (κ3) is 4.66. The molecule has 0 fully saturated rings. The second-order valence-electron chi connectivity index (χ2n) is 5.99. The van der Waals surface area contributed by atoms with Gasteiger partial charge in [0, 0.05) is 6.20 Å². The van der Waals surface area contributed by atoms with E-state index in [1.54, 1.807) is 6.20 Å². The maximum Gasteiger partial charge on any atom is 3.00 e. The first-order chi connectivity index (χ1) is 13.3. The van der Waals surface area contributed by atoms with Crippen LogP contribution in [0, 0.1) is 12.7 Å². The number of anilines is 1. The van der Waals surface area contributed by atoms with E-state index in [0.717, 1.165) is 22.4 Å². The van der Waals surface area contributed by atoms with Crippen LogP contribution in [0.4, 0.5) is 5.69 Å². The van der Waals surface area contributed by atoms with Crippen LogP contribution in [0.25, 0.3) is 22.6 Å². The molecule has 2 aromatic heterocycles. The minimum atomic E-state index is 0. The molecule has 0 saturated carbocycles. The molecular weight excluding hydrogens is 526 g/mol. The molecule has 6 heteroatoms. The first kappa shape index (κ1) is 19.8. The largest absolute Gasteiger partial charge is 3.00 e. The summed E-state index contributed by atoms with van der Waals surface area (Å²) < 4.78 is 0. The summed E-state index contributed by atoms with van der Waals surface area (Å²) in [7, 11) is 2.00. The Balaban J connectivity index is 0.000000159. The number of nitrogens with zero attached hydrogens (tertiary/aromatic N) is 5. The van der Waals surface area contributed by atoms with Gasteiger partial charge in [0.05, 0.1) is 5.69 Å². The molecule has 0 unspecified atom stereocenters. The molecule has 3 heterocycles. The second kappa shape index (κ2) is 9.31. The van der Waals surface area contributed by atoms with Gasteiger partial charge < -0.3 is 19.8 Å². The monoisotopic (exact) mass is 545 g/mol. The molecule has 0 spiro atoms. The van der Waals surface area contributed by atoms with Crippen LogP contribution in [0.15, 0.2) is 85.3 Å². The van der Waals surface area contributed by atoms with E-state index in [1.165, 1.54) is 0 Å². The van der Waals surface area contributed by atoms with Gasteiger partial charge in [-0.25, -0.2) is 0 Å². The van der Waals surface area contributed by atoms with E-state index in [0.29, 0.717) is 5.82 Å². The van der Waals surface area contributed by atoms with E-state index in [-0.39, 0.29) is 20.1 Å². The van der Waals surface area contributed by atoms with Gasteiger partial charge >= 0.3 is 20.1 Å². The van der Waals surface area contributed by atoms with Crippen LogP contribution < -0.4 is 9.88 Å². The number of fused-ring (bicyclic) bond motifs is 1. The summed E-state index contributed by atoms with van der Waals surface area (Å²) in [5, 5.41) is 0. The number of hydrogen-bond acceptors (Lipinski definition) is 4. The maximum atomic E-state index is 4.41. The molecule has 140 valence electrons. The molecule has 0 aliphatic carbocycles. The molecule has 0 radical (unpaired) electrons. The van der Waals surface area contributed by atoms with Crippen LogP contribution in [0.3, 0.4) is 0 Å². The van der Waals surface area contributed by atoms with Crippen molar-refractivity contribution in [2.45, 2.75) is 0 Å². The van der Waals surface area contributed by atoms with Crippen molar-refractivity contribution in [3.05, 3.63) is 98.1 Å². The maximum absolute atomic E-state index is 4.41. The average molecular weight is 545 g/mol. The van der Waals surface area contributed by atoms with Gasteiger partial charge in [0.1, 0.15) is 0 Å². The molecule has 28 heavy (non-hydrogen) atoms. The van der Waals surface area contributed by atoms with Gasteiger partial charge in [-0.3, -0.25) is 4.98 Å². The molecule has 1 aliphatic rings. The Labute approximate surface area is 178 Å². The van der Waals surface area contributed by atoms with E-state index in [4.69, 9.17) is 0 Å². The van der Waals surface area contributed by atoms with Gasteiger partial charge in [0.25, 0.3) is 0 Å². The van der Waals surface area contributed by atoms with Crippen LogP contribution in [-0.2, 0) is 20.1 Å². The van der Waals surface area contributed by atoms with Crippen LogP contribution in [0.1, 0.15) is 0 Å².